The summed E-state index contributed by atoms with van der Waals surface area (Å²) in [5.41, 5.74) is 3.29. The Bertz CT molecular complexity index is 1340. The van der Waals surface area contributed by atoms with Crippen LogP contribution in [0.4, 0.5) is 5.69 Å². The number of benzene rings is 3. The largest absolute Gasteiger partial charge is 0.489 e. The molecule has 0 radical (unpaired) electrons. The molecule has 1 unspecified atom stereocenters. The number of carboxylic acids is 1. The van der Waals surface area contributed by atoms with Gasteiger partial charge in [-0.25, -0.2) is 9.00 Å². The second-order valence-electron chi connectivity index (χ2n) is 8.93. The number of aromatic carboxylic acids is 1. The molecule has 0 saturated heterocycles. The van der Waals surface area contributed by atoms with Gasteiger partial charge in [0, 0.05) is 35.0 Å². The van der Waals surface area contributed by atoms with Crippen LogP contribution in [0.25, 0.3) is 0 Å². The maximum atomic E-state index is 13.1. The number of rotatable bonds is 11. The van der Waals surface area contributed by atoms with Crippen LogP contribution in [0.3, 0.4) is 0 Å². The molecular weight excluding hydrogens is 547 g/mol. The lowest BCUT2D eigenvalue weighted by Gasteiger charge is -2.22. The maximum Gasteiger partial charge on any atom is 0.335 e. The minimum absolute atomic E-state index is 0.0113. The van der Waals surface area contributed by atoms with Crippen molar-refractivity contribution in [2.75, 3.05) is 18.0 Å². The Morgan fingerprint density at radius 2 is 1.71 bits per heavy atom. The van der Waals surface area contributed by atoms with E-state index in [-0.39, 0.29) is 18.1 Å². The molecule has 38 heavy (non-hydrogen) atoms. The highest BCUT2D eigenvalue weighted by Gasteiger charge is 2.19. The second kappa shape index (κ2) is 13.2. The van der Waals surface area contributed by atoms with Gasteiger partial charge in [-0.3, -0.25) is 4.31 Å². The number of hydrogen-bond acceptors (Lipinski definition) is 5. The minimum atomic E-state index is -1.53. The number of aryl methyl sites for hydroxylation is 1. The zero-order valence-corrected chi connectivity index (χ0v) is 23.9. The summed E-state index contributed by atoms with van der Waals surface area (Å²) in [7, 11) is 0.182. The van der Waals surface area contributed by atoms with Crippen LogP contribution in [-0.2, 0) is 22.2 Å². The van der Waals surface area contributed by atoms with Crippen LogP contribution in [0.2, 0.25) is 10.0 Å². The van der Waals surface area contributed by atoms with Crippen LogP contribution in [0.5, 0.6) is 5.75 Å². The van der Waals surface area contributed by atoms with Crippen LogP contribution < -0.4 is 14.9 Å². The smallest absolute Gasteiger partial charge is 0.335 e. The van der Waals surface area contributed by atoms with E-state index in [0.717, 1.165) is 22.4 Å². The van der Waals surface area contributed by atoms with Gasteiger partial charge in [-0.1, -0.05) is 43.1 Å². The zero-order valence-electron chi connectivity index (χ0n) is 21.5. The molecule has 0 fully saturated rings. The first-order chi connectivity index (χ1) is 18.0. The molecule has 0 aliphatic heterocycles. The molecule has 0 heterocycles. The van der Waals surface area contributed by atoms with Gasteiger partial charge in [0.15, 0.2) is 11.0 Å². The molecule has 202 valence electrons. The van der Waals surface area contributed by atoms with Crippen molar-refractivity contribution in [3.8, 4) is 5.75 Å². The van der Waals surface area contributed by atoms with Gasteiger partial charge in [-0.15, -0.1) is 0 Å². The highest BCUT2D eigenvalue weighted by molar-refractivity contribution is 7.86. The Morgan fingerprint density at radius 3 is 2.24 bits per heavy atom. The number of allylic oxidation sites excluding steroid dienone is 1. The molecule has 3 aromatic rings. The van der Waals surface area contributed by atoms with Crippen molar-refractivity contribution in [2.45, 2.75) is 32.1 Å². The number of halogens is 2. The highest BCUT2D eigenvalue weighted by atomic mass is 35.5. The molecule has 0 aliphatic carbocycles. The Morgan fingerprint density at radius 1 is 1.08 bits per heavy atom. The van der Waals surface area contributed by atoms with Crippen molar-refractivity contribution in [1.82, 2.24) is 0 Å². The lowest BCUT2D eigenvalue weighted by molar-refractivity contribution is 0.0696. The Labute approximate surface area is 235 Å². The molecule has 3 N–H and O–H groups in total. The number of ether oxygens (including phenoxy) is 1. The fourth-order valence-corrected chi connectivity index (χ4v) is 5.55. The van der Waals surface area contributed by atoms with E-state index in [1.165, 1.54) is 12.1 Å². The van der Waals surface area contributed by atoms with Crippen LogP contribution in [0.1, 0.15) is 35.3 Å². The van der Waals surface area contributed by atoms with Crippen molar-refractivity contribution in [3.63, 3.8) is 0 Å². The summed E-state index contributed by atoms with van der Waals surface area (Å²) >= 11 is 12.8. The normalized spacial score (nSPS) is 12.6. The molecule has 3 rings (SSSR count). The van der Waals surface area contributed by atoms with E-state index in [4.69, 9.17) is 43.8 Å². The molecule has 0 amide bonds. The fourth-order valence-electron chi connectivity index (χ4n) is 3.95. The standard InChI is InChI=1S/C28H30Cl2N2O5S/c1-17(2)27(37-31)20(15-23-24(29)6-5-7-25(23)30)16-36-21-10-13-26(18(3)14-21)32(4)38(35)22-11-8-19(9-12-22)28(33)34/h5-14,17H,15-16,31H2,1-4H3,(H,33,34)/b27-20+. The molecule has 3 aromatic carbocycles. The average molecular weight is 578 g/mol. The molecule has 0 spiro atoms. The summed E-state index contributed by atoms with van der Waals surface area (Å²) in [4.78, 5) is 16.8. The molecule has 0 aromatic heterocycles. The first kappa shape index (κ1) is 29.5. The molecular formula is C28H30Cl2N2O5S. The van der Waals surface area contributed by atoms with Gasteiger partial charge in [0.1, 0.15) is 18.1 Å². The van der Waals surface area contributed by atoms with E-state index in [1.807, 2.05) is 32.9 Å². The Balaban J connectivity index is 1.80. The number of nitrogens with zero attached hydrogens (tertiary/aromatic N) is 1. The minimum Gasteiger partial charge on any atom is -0.489 e. The van der Waals surface area contributed by atoms with Gasteiger partial charge in [-0.2, -0.15) is 5.90 Å². The summed E-state index contributed by atoms with van der Waals surface area (Å²) < 4.78 is 20.8. The summed E-state index contributed by atoms with van der Waals surface area (Å²) in [6.07, 6.45) is 0.405. The van der Waals surface area contributed by atoms with Crippen molar-refractivity contribution < 1.29 is 23.7 Å². The maximum absolute atomic E-state index is 13.1. The summed E-state index contributed by atoms with van der Waals surface area (Å²) in [5, 5.41) is 10.2. The lowest BCUT2D eigenvalue weighted by Crippen LogP contribution is -2.21. The molecule has 0 aliphatic rings. The van der Waals surface area contributed by atoms with Gasteiger partial charge < -0.3 is 14.7 Å². The van der Waals surface area contributed by atoms with Gasteiger partial charge >= 0.3 is 5.97 Å². The fraction of sp³-hybridized carbons (Fsp3) is 0.250. The van der Waals surface area contributed by atoms with Gasteiger partial charge in [-0.05, 0) is 72.6 Å². The first-order valence-electron chi connectivity index (χ1n) is 11.8. The summed E-state index contributed by atoms with van der Waals surface area (Å²) in [5.74, 6) is 5.79. The third-order valence-corrected chi connectivity index (χ3v) is 8.00. The predicted molar refractivity (Wildman–Crippen MR) is 152 cm³/mol. The van der Waals surface area contributed by atoms with Crippen LogP contribution >= 0.6 is 23.2 Å². The SMILES string of the molecule is Cc1cc(OC/C(Cc2c(Cl)cccc2Cl)=C(/ON)C(C)C)ccc1N(C)S(=O)c1ccc(C(=O)O)cc1. The third-order valence-electron chi connectivity index (χ3n) is 5.92. The van der Waals surface area contributed by atoms with Gasteiger partial charge in [0.25, 0.3) is 0 Å². The molecule has 0 saturated carbocycles. The van der Waals surface area contributed by atoms with Gasteiger partial charge in [0.2, 0.25) is 0 Å². The van der Waals surface area contributed by atoms with E-state index >= 15 is 0 Å². The van der Waals surface area contributed by atoms with E-state index < -0.39 is 17.0 Å². The van der Waals surface area contributed by atoms with Crippen molar-refractivity contribution >= 4 is 45.8 Å². The molecule has 7 nitrogen and oxygen atoms in total. The van der Waals surface area contributed by atoms with Crippen molar-refractivity contribution in [1.29, 1.82) is 0 Å². The van der Waals surface area contributed by atoms with Crippen LogP contribution in [0, 0.1) is 12.8 Å². The number of carbonyl (C=O) groups is 1. The topological polar surface area (TPSA) is 102 Å². The lowest BCUT2D eigenvalue weighted by atomic mass is 10.00. The number of nitrogens with two attached hydrogens (primary N) is 1. The van der Waals surface area contributed by atoms with E-state index in [0.29, 0.717) is 32.9 Å². The van der Waals surface area contributed by atoms with Crippen LogP contribution in [0.15, 0.2) is 76.9 Å². The van der Waals surface area contributed by atoms with E-state index in [9.17, 15) is 9.00 Å². The predicted octanol–water partition coefficient (Wildman–Crippen LogP) is 6.58. The second-order valence-corrected chi connectivity index (χ2v) is 11.3. The Hall–Kier alpha value is -3.04. The summed E-state index contributed by atoms with van der Waals surface area (Å²) in [6, 6.07) is 16.8. The van der Waals surface area contributed by atoms with E-state index in [1.54, 1.807) is 47.8 Å². The zero-order chi connectivity index (χ0) is 28.0. The average Bonchev–Trinajstić information content (AvgIpc) is 2.88. The number of anilines is 1. The van der Waals surface area contributed by atoms with E-state index in [2.05, 4.69) is 0 Å². The quantitative estimate of drug-likeness (QED) is 0.197. The Kier molecular flexibility index (Phi) is 10.2. The molecule has 10 heteroatoms. The van der Waals surface area contributed by atoms with Gasteiger partial charge in [0.05, 0.1) is 16.1 Å². The molecule has 1 atom stereocenters. The monoisotopic (exact) mass is 576 g/mol. The third kappa shape index (κ3) is 7.08. The van der Waals surface area contributed by atoms with Crippen molar-refractivity contribution in [3.05, 3.63) is 98.7 Å². The van der Waals surface area contributed by atoms with Crippen molar-refractivity contribution in [2.24, 2.45) is 11.8 Å². The number of hydrogen-bond donors (Lipinski definition) is 2. The molecule has 0 bridgehead atoms. The number of carboxylic acid groups (broad SMARTS) is 1. The summed E-state index contributed by atoms with van der Waals surface area (Å²) in [6.45, 7) is 6.04. The highest BCUT2D eigenvalue weighted by Crippen LogP contribution is 2.31. The first-order valence-corrected chi connectivity index (χ1v) is 13.6. The van der Waals surface area contributed by atoms with Crippen LogP contribution in [-0.4, -0.2) is 28.9 Å².